The summed E-state index contributed by atoms with van der Waals surface area (Å²) in [5.74, 6) is 0. The second kappa shape index (κ2) is 5.09. The maximum Gasteiger partial charge on any atom is 0.240 e. The molecule has 0 saturated heterocycles. The normalized spacial score (nSPS) is 18.4. The van der Waals surface area contributed by atoms with Crippen molar-refractivity contribution in [2.24, 2.45) is 0 Å². The van der Waals surface area contributed by atoms with Gasteiger partial charge < -0.3 is 5.11 Å². The van der Waals surface area contributed by atoms with E-state index in [1.54, 1.807) is 0 Å². The molecule has 1 aromatic carbocycles. The lowest BCUT2D eigenvalue weighted by atomic mass is 9.81. The summed E-state index contributed by atoms with van der Waals surface area (Å²) in [5, 5.41) is 10.3. The summed E-state index contributed by atoms with van der Waals surface area (Å²) in [6, 6.07) is 4.38. The van der Waals surface area contributed by atoms with E-state index in [0.717, 1.165) is 6.42 Å². The van der Waals surface area contributed by atoms with Gasteiger partial charge in [-0.1, -0.05) is 11.6 Å². The van der Waals surface area contributed by atoms with Gasteiger partial charge >= 0.3 is 0 Å². The summed E-state index contributed by atoms with van der Waals surface area (Å²) < 4.78 is 26.9. The number of hydrogen-bond donors (Lipinski definition) is 2. The Morgan fingerprint density at radius 3 is 2.61 bits per heavy atom. The van der Waals surface area contributed by atoms with Crippen LogP contribution in [0.15, 0.2) is 27.6 Å². The van der Waals surface area contributed by atoms with E-state index in [4.69, 9.17) is 11.6 Å². The van der Waals surface area contributed by atoms with Crippen LogP contribution in [-0.2, 0) is 10.0 Å². The van der Waals surface area contributed by atoms with E-state index in [2.05, 4.69) is 20.7 Å². The summed E-state index contributed by atoms with van der Waals surface area (Å²) in [4.78, 5) is 0.127. The van der Waals surface area contributed by atoms with Crippen molar-refractivity contribution < 1.29 is 13.5 Å². The molecule has 0 aromatic heterocycles. The number of nitrogens with one attached hydrogen (secondary N) is 1. The van der Waals surface area contributed by atoms with Gasteiger partial charge in [-0.3, -0.25) is 0 Å². The number of hydrogen-bond acceptors (Lipinski definition) is 3. The zero-order chi connectivity index (χ0) is 13.4. The van der Waals surface area contributed by atoms with Crippen molar-refractivity contribution in [3.63, 3.8) is 0 Å². The van der Waals surface area contributed by atoms with Gasteiger partial charge in [0.1, 0.15) is 0 Å². The molecule has 0 atom stereocenters. The first kappa shape index (κ1) is 14.3. The first-order chi connectivity index (χ1) is 8.32. The molecule has 1 fully saturated rings. The van der Waals surface area contributed by atoms with Crippen molar-refractivity contribution in [1.82, 2.24) is 4.72 Å². The van der Waals surface area contributed by atoms with Crippen molar-refractivity contribution in [3.8, 4) is 0 Å². The molecule has 1 aliphatic carbocycles. The Morgan fingerprint density at radius 1 is 1.44 bits per heavy atom. The summed E-state index contributed by atoms with van der Waals surface area (Å²) in [5.41, 5.74) is -0.878. The largest absolute Gasteiger partial charge is 0.389 e. The van der Waals surface area contributed by atoms with Gasteiger partial charge in [-0.05, 0) is 53.4 Å². The lowest BCUT2D eigenvalue weighted by Crippen LogP contribution is -2.47. The maximum absolute atomic E-state index is 12.0. The minimum absolute atomic E-state index is 0.0512. The highest BCUT2D eigenvalue weighted by molar-refractivity contribution is 9.10. The molecule has 7 heteroatoms. The van der Waals surface area contributed by atoms with Crippen molar-refractivity contribution in [3.05, 3.63) is 27.7 Å². The fraction of sp³-hybridized carbons (Fsp3) is 0.455. The molecule has 2 N–H and O–H groups in total. The molecule has 0 heterocycles. The minimum atomic E-state index is -3.61. The van der Waals surface area contributed by atoms with Gasteiger partial charge in [-0.2, -0.15) is 0 Å². The monoisotopic (exact) mass is 353 g/mol. The fourth-order valence-electron chi connectivity index (χ4n) is 1.72. The van der Waals surface area contributed by atoms with Crippen molar-refractivity contribution >= 4 is 37.6 Å². The smallest absolute Gasteiger partial charge is 0.240 e. The number of rotatable bonds is 4. The second-order valence-electron chi connectivity index (χ2n) is 4.48. The molecule has 1 aromatic rings. The van der Waals surface area contributed by atoms with Crippen LogP contribution in [0.1, 0.15) is 19.3 Å². The van der Waals surface area contributed by atoms with E-state index in [9.17, 15) is 13.5 Å². The Hall–Kier alpha value is -0.140. The van der Waals surface area contributed by atoms with Crippen LogP contribution in [-0.4, -0.2) is 25.7 Å². The quantitative estimate of drug-likeness (QED) is 0.872. The maximum atomic E-state index is 12.0. The predicted molar refractivity (Wildman–Crippen MR) is 73.1 cm³/mol. The average molecular weight is 355 g/mol. The van der Waals surface area contributed by atoms with Gasteiger partial charge in [0, 0.05) is 11.0 Å². The molecule has 0 unspecified atom stereocenters. The molecule has 0 spiro atoms. The van der Waals surface area contributed by atoms with Crippen molar-refractivity contribution in [1.29, 1.82) is 0 Å². The third-order valence-corrected chi connectivity index (χ3v) is 5.69. The first-order valence-corrected chi connectivity index (χ1v) is 8.15. The van der Waals surface area contributed by atoms with Crippen LogP contribution < -0.4 is 4.72 Å². The molecule has 18 heavy (non-hydrogen) atoms. The van der Waals surface area contributed by atoms with Gasteiger partial charge in [0.25, 0.3) is 0 Å². The van der Waals surface area contributed by atoms with E-state index in [-0.39, 0.29) is 11.4 Å². The zero-order valence-corrected chi connectivity index (χ0v) is 12.6. The van der Waals surface area contributed by atoms with E-state index in [1.807, 2.05) is 0 Å². The number of benzene rings is 1. The number of sulfonamides is 1. The Labute approximate surface area is 120 Å². The molecule has 0 aliphatic heterocycles. The highest BCUT2D eigenvalue weighted by Gasteiger charge is 2.35. The van der Waals surface area contributed by atoms with Crippen LogP contribution in [0.3, 0.4) is 0 Å². The SMILES string of the molecule is O=S(=O)(NCC1(O)CCC1)c1ccc(Cl)c(Br)c1. The average Bonchev–Trinajstić information content (AvgIpc) is 2.27. The molecular formula is C11H13BrClNO3S. The van der Waals surface area contributed by atoms with E-state index in [1.165, 1.54) is 18.2 Å². The van der Waals surface area contributed by atoms with Crippen LogP contribution in [0, 0.1) is 0 Å². The molecule has 0 radical (unpaired) electrons. The van der Waals surface area contributed by atoms with Crippen molar-refractivity contribution in [2.45, 2.75) is 29.8 Å². The topological polar surface area (TPSA) is 66.4 Å². The molecular weight excluding hydrogens is 342 g/mol. The van der Waals surface area contributed by atoms with Crippen LogP contribution in [0.25, 0.3) is 0 Å². The van der Waals surface area contributed by atoms with E-state index < -0.39 is 15.6 Å². The molecule has 0 amide bonds. The molecule has 0 bridgehead atoms. The van der Waals surface area contributed by atoms with E-state index >= 15 is 0 Å². The standard InChI is InChI=1S/C11H13BrClNO3S/c12-9-6-8(2-3-10(9)13)18(16,17)14-7-11(15)4-1-5-11/h2-3,6,14-15H,1,4-5,7H2. The number of aliphatic hydroxyl groups is 1. The van der Waals surface area contributed by atoms with Crippen LogP contribution in [0.5, 0.6) is 0 Å². The lowest BCUT2D eigenvalue weighted by Gasteiger charge is -2.36. The summed E-state index contributed by atoms with van der Waals surface area (Å²) in [7, 11) is -3.61. The summed E-state index contributed by atoms with van der Waals surface area (Å²) in [6.07, 6.45) is 2.21. The van der Waals surface area contributed by atoms with Crippen LogP contribution in [0.2, 0.25) is 5.02 Å². The number of halogens is 2. The Kier molecular flexibility index (Phi) is 4.04. The molecule has 100 valence electrons. The van der Waals surface area contributed by atoms with E-state index in [0.29, 0.717) is 22.3 Å². The Balaban J connectivity index is 2.12. The van der Waals surface area contributed by atoms with Crippen LogP contribution in [0.4, 0.5) is 0 Å². The third-order valence-electron chi connectivity index (χ3n) is 3.08. The lowest BCUT2D eigenvalue weighted by molar-refractivity contribution is -0.0270. The molecule has 2 rings (SSSR count). The fourth-order valence-corrected chi connectivity index (χ4v) is 3.51. The first-order valence-electron chi connectivity index (χ1n) is 5.50. The minimum Gasteiger partial charge on any atom is -0.389 e. The molecule has 4 nitrogen and oxygen atoms in total. The van der Waals surface area contributed by atoms with Gasteiger partial charge in [0.2, 0.25) is 10.0 Å². The molecule has 1 aliphatic rings. The van der Waals surface area contributed by atoms with Gasteiger partial charge in [0.05, 0.1) is 15.5 Å². The Bertz CT molecular complexity index is 557. The second-order valence-corrected chi connectivity index (χ2v) is 7.51. The highest BCUT2D eigenvalue weighted by Crippen LogP contribution is 2.31. The third kappa shape index (κ3) is 3.05. The van der Waals surface area contributed by atoms with Crippen LogP contribution >= 0.6 is 27.5 Å². The molecule has 1 saturated carbocycles. The predicted octanol–water partition coefficient (Wildman–Crippen LogP) is 2.30. The van der Waals surface area contributed by atoms with Gasteiger partial charge in [-0.15, -0.1) is 0 Å². The van der Waals surface area contributed by atoms with Gasteiger partial charge in [0.15, 0.2) is 0 Å². The highest BCUT2D eigenvalue weighted by atomic mass is 79.9. The Morgan fingerprint density at radius 2 is 2.11 bits per heavy atom. The summed E-state index contributed by atoms with van der Waals surface area (Å²) >= 11 is 8.99. The van der Waals surface area contributed by atoms with Gasteiger partial charge in [-0.25, -0.2) is 13.1 Å². The summed E-state index contributed by atoms with van der Waals surface area (Å²) in [6.45, 7) is 0.0512. The zero-order valence-electron chi connectivity index (χ0n) is 9.49. The van der Waals surface area contributed by atoms with Crippen molar-refractivity contribution in [2.75, 3.05) is 6.54 Å².